The van der Waals surface area contributed by atoms with Crippen molar-refractivity contribution in [3.8, 4) is 17.4 Å². The fourth-order valence-electron chi connectivity index (χ4n) is 4.27. The molecule has 1 aromatic carbocycles. The van der Waals surface area contributed by atoms with Gasteiger partial charge in [-0.05, 0) is 42.7 Å². The summed E-state index contributed by atoms with van der Waals surface area (Å²) in [5, 5.41) is 22.4. The molecular formula is C27H32N8O4. The third kappa shape index (κ3) is 6.60. The van der Waals surface area contributed by atoms with Gasteiger partial charge in [-0.2, -0.15) is 15.5 Å². The van der Waals surface area contributed by atoms with Crippen LogP contribution in [0.2, 0.25) is 0 Å². The van der Waals surface area contributed by atoms with E-state index in [4.69, 9.17) is 19.2 Å². The number of hydrazine groups is 1. The number of phenols is 1. The van der Waals surface area contributed by atoms with Crippen LogP contribution in [-0.2, 0) is 17.8 Å². The van der Waals surface area contributed by atoms with E-state index < -0.39 is 6.29 Å². The smallest absolute Gasteiger partial charge is 0.219 e. The van der Waals surface area contributed by atoms with Crippen LogP contribution in [0.4, 0.5) is 5.82 Å². The van der Waals surface area contributed by atoms with E-state index in [1.165, 1.54) is 7.11 Å². The molecule has 2 aliphatic rings. The maximum Gasteiger partial charge on any atom is 0.219 e. The van der Waals surface area contributed by atoms with Gasteiger partial charge in [-0.15, -0.1) is 0 Å². The Kier molecular flexibility index (Phi) is 8.16. The lowest BCUT2D eigenvalue weighted by molar-refractivity contribution is 0.142. The molecule has 0 saturated carbocycles. The molecule has 5 rings (SSSR count). The molecule has 12 nitrogen and oxygen atoms in total. The number of ether oxygens (including phenoxy) is 3. The number of anilines is 1. The molecule has 0 fully saturated rings. The lowest BCUT2D eigenvalue weighted by Crippen LogP contribution is -2.47. The average molecular weight is 533 g/mol. The second-order valence-electron chi connectivity index (χ2n) is 9.11. The number of aromatic hydroxyl groups is 1. The molecule has 0 radical (unpaired) electrons. The average Bonchev–Trinajstić information content (AvgIpc) is 3.61. The predicted octanol–water partition coefficient (Wildman–Crippen LogP) is 2.54. The highest BCUT2D eigenvalue weighted by molar-refractivity contribution is 5.99. The van der Waals surface area contributed by atoms with Crippen LogP contribution in [0.3, 0.4) is 0 Å². The van der Waals surface area contributed by atoms with Crippen LogP contribution in [0, 0.1) is 6.92 Å². The van der Waals surface area contributed by atoms with Crippen LogP contribution in [0.25, 0.3) is 0 Å². The second-order valence-corrected chi connectivity index (χ2v) is 9.11. The van der Waals surface area contributed by atoms with Crippen molar-refractivity contribution < 1.29 is 19.3 Å². The lowest BCUT2D eigenvalue weighted by Gasteiger charge is -2.22. The van der Waals surface area contributed by atoms with Crippen molar-refractivity contribution in [1.29, 1.82) is 0 Å². The van der Waals surface area contributed by atoms with Crippen molar-refractivity contribution in [2.45, 2.75) is 38.8 Å². The highest BCUT2D eigenvalue weighted by Crippen LogP contribution is 2.28. The summed E-state index contributed by atoms with van der Waals surface area (Å²) in [6.07, 6.45) is 8.96. The molecule has 1 aliphatic carbocycles. The molecule has 0 bridgehead atoms. The van der Waals surface area contributed by atoms with Crippen LogP contribution in [0.1, 0.15) is 23.5 Å². The van der Waals surface area contributed by atoms with Gasteiger partial charge in [0.15, 0.2) is 23.6 Å². The first-order valence-electron chi connectivity index (χ1n) is 12.6. The molecular weight excluding hydrogens is 500 g/mol. The standard InChI is InChI=1S/C27H32N8O4/c1-17-30-25(14-26(31-17)39-16-20-10-11-29-33-20)35-24(13-19-6-9-23(38-3)22(36)12-19)32-27(34-35)28-15-18-4-7-21(37-2)8-5-18/h4-7,9-12,14,21,27-28,34,36H,8,13,15-16H2,1-3H3,(H,29,33). The highest BCUT2D eigenvalue weighted by Gasteiger charge is 2.28. The summed E-state index contributed by atoms with van der Waals surface area (Å²) in [4.78, 5) is 14.0. The zero-order valence-corrected chi connectivity index (χ0v) is 22.1. The first-order valence-corrected chi connectivity index (χ1v) is 12.6. The fraction of sp³-hybridized carbons (Fsp3) is 0.333. The number of benzene rings is 1. The summed E-state index contributed by atoms with van der Waals surface area (Å²) in [5.41, 5.74) is 6.25. The number of H-pyrrole nitrogens is 1. The zero-order chi connectivity index (χ0) is 27.2. The second kappa shape index (κ2) is 12.1. The first kappa shape index (κ1) is 26.4. The Morgan fingerprint density at radius 2 is 2.08 bits per heavy atom. The monoisotopic (exact) mass is 532 g/mol. The first-order chi connectivity index (χ1) is 19.0. The Morgan fingerprint density at radius 1 is 1.18 bits per heavy atom. The fourth-order valence-corrected chi connectivity index (χ4v) is 4.27. The third-order valence-electron chi connectivity index (χ3n) is 6.30. The van der Waals surface area contributed by atoms with Crippen molar-refractivity contribution in [3.63, 3.8) is 0 Å². The minimum Gasteiger partial charge on any atom is -0.504 e. The highest BCUT2D eigenvalue weighted by atomic mass is 16.5. The maximum atomic E-state index is 10.3. The molecule has 1 aliphatic heterocycles. The number of aromatic amines is 1. The van der Waals surface area contributed by atoms with Crippen molar-refractivity contribution in [2.75, 3.05) is 25.8 Å². The third-order valence-corrected chi connectivity index (χ3v) is 6.30. The Bertz CT molecular complexity index is 1370. The normalized spacial score (nSPS) is 18.7. The number of nitrogens with zero attached hydrogens (tertiary/aromatic N) is 5. The Hall–Kier alpha value is -4.26. The van der Waals surface area contributed by atoms with Gasteiger partial charge in [-0.1, -0.05) is 24.3 Å². The van der Waals surface area contributed by atoms with Gasteiger partial charge in [0.1, 0.15) is 18.3 Å². The lowest BCUT2D eigenvalue weighted by atomic mass is 10.1. The van der Waals surface area contributed by atoms with Crippen LogP contribution < -0.4 is 25.2 Å². The van der Waals surface area contributed by atoms with Gasteiger partial charge in [-0.3, -0.25) is 10.4 Å². The van der Waals surface area contributed by atoms with Gasteiger partial charge in [0.25, 0.3) is 0 Å². The molecule has 12 heteroatoms. The van der Waals surface area contributed by atoms with Gasteiger partial charge in [-0.25, -0.2) is 15.0 Å². The molecule has 2 aromatic heterocycles. The molecule has 0 saturated heterocycles. The quantitative estimate of drug-likeness (QED) is 0.291. The molecule has 2 unspecified atom stereocenters. The summed E-state index contributed by atoms with van der Waals surface area (Å²) in [5.74, 6) is 2.76. The molecule has 0 amide bonds. The van der Waals surface area contributed by atoms with Crippen LogP contribution in [-0.4, -0.2) is 64.3 Å². The van der Waals surface area contributed by atoms with Crippen molar-refractivity contribution >= 4 is 11.7 Å². The van der Waals surface area contributed by atoms with E-state index in [2.05, 4.69) is 49.1 Å². The predicted molar refractivity (Wildman–Crippen MR) is 146 cm³/mol. The molecule has 204 valence electrons. The van der Waals surface area contributed by atoms with E-state index in [1.807, 2.05) is 24.1 Å². The van der Waals surface area contributed by atoms with Crippen LogP contribution in [0.5, 0.6) is 17.4 Å². The van der Waals surface area contributed by atoms with Gasteiger partial charge >= 0.3 is 0 Å². The Balaban J connectivity index is 1.35. The summed E-state index contributed by atoms with van der Waals surface area (Å²) in [6, 6.07) is 8.91. The van der Waals surface area contributed by atoms with E-state index in [0.29, 0.717) is 48.7 Å². The summed E-state index contributed by atoms with van der Waals surface area (Å²) >= 11 is 0. The van der Waals surface area contributed by atoms with Gasteiger partial charge in [0.2, 0.25) is 5.88 Å². The summed E-state index contributed by atoms with van der Waals surface area (Å²) < 4.78 is 16.5. The minimum atomic E-state index is -0.397. The number of hydrogen-bond donors (Lipinski definition) is 4. The van der Waals surface area contributed by atoms with Crippen molar-refractivity contribution in [2.24, 2.45) is 4.99 Å². The number of aryl methyl sites for hydroxylation is 1. The summed E-state index contributed by atoms with van der Waals surface area (Å²) in [7, 11) is 3.23. The van der Waals surface area contributed by atoms with E-state index in [1.54, 1.807) is 31.5 Å². The molecule has 3 aromatic rings. The number of amidine groups is 1. The SMILES string of the molecule is COc1ccc(CC2=NC(NCC3=CCC(OC)C=C3)NN2c2cc(OCc3ccn[nH]3)nc(C)n2)cc1O. The van der Waals surface area contributed by atoms with Crippen molar-refractivity contribution in [1.82, 2.24) is 30.9 Å². The van der Waals surface area contributed by atoms with E-state index >= 15 is 0 Å². The number of hydrogen-bond acceptors (Lipinski definition) is 11. The van der Waals surface area contributed by atoms with E-state index in [9.17, 15) is 5.11 Å². The number of aromatic nitrogens is 4. The molecule has 4 N–H and O–H groups in total. The van der Waals surface area contributed by atoms with Gasteiger partial charge < -0.3 is 19.3 Å². The molecule has 2 atom stereocenters. The largest absolute Gasteiger partial charge is 0.504 e. The molecule has 3 heterocycles. The Labute approximate surface area is 226 Å². The van der Waals surface area contributed by atoms with Crippen LogP contribution in [0.15, 0.2) is 65.3 Å². The topological polar surface area (TPSA) is 142 Å². The van der Waals surface area contributed by atoms with E-state index in [0.717, 1.165) is 23.3 Å². The number of phenolic OH excluding ortho intramolecular Hbond substituents is 1. The zero-order valence-electron chi connectivity index (χ0n) is 22.1. The number of methoxy groups -OCH3 is 2. The van der Waals surface area contributed by atoms with Gasteiger partial charge in [0.05, 0.1) is 18.9 Å². The molecule has 0 spiro atoms. The molecule has 39 heavy (non-hydrogen) atoms. The number of nitrogens with one attached hydrogen (secondary N) is 3. The van der Waals surface area contributed by atoms with Crippen molar-refractivity contribution in [3.05, 3.63) is 77.4 Å². The maximum absolute atomic E-state index is 10.3. The van der Waals surface area contributed by atoms with E-state index in [-0.39, 0.29) is 11.9 Å². The van der Waals surface area contributed by atoms with Crippen LogP contribution >= 0.6 is 0 Å². The van der Waals surface area contributed by atoms with Gasteiger partial charge in [0, 0.05) is 32.3 Å². The Morgan fingerprint density at radius 3 is 2.79 bits per heavy atom. The number of rotatable bonds is 11. The number of aliphatic imine (C=N–C) groups is 1. The minimum absolute atomic E-state index is 0.0699. The summed E-state index contributed by atoms with van der Waals surface area (Å²) in [6.45, 7) is 2.73.